The summed E-state index contributed by atoms with van der Waals surface area (Å²) in [4.78, 5) is 0. The summed E-state index contributed by atoms with van der Waals surface area (Å²) in [5.41, 5.74) is 0. The first-order chi connectivity index (χ1) is 8.58. The lowest BCUT2D eigenvalue weighted by atomic mass is 10.4. The molecule has 0 bridgehead atoms. The number of nitrogens with zero attached hydrogens (tertiary/aromatic N) is 1. The molecule has 0 amide bonds. The highest BCUT2D eigenvalue weighted by molar-refractivity contribution is 7.87. The predicted molar refractivity (Wildman–Crippen MR) is 78.0 cm³/mol. The van der Waals surface area contributed by atoms with Gasteiger partial charge in [0.2, 0.25) is 0 Å². The van der Waals surface area contributed by atoms with Gasteiger partial charge in [-0.1, -0.05) is 0 Å². The van der Waals surface area contributed by atoms with E-state index in [1.54, 1.807) is 14.2 Å². The van der Waals surface area contributed by atoms with E-state index in [-0.39, 0.29) is 12.4 Å². The third kappa shape index (κ3) is 10.5. The van der Waals surface area contributed by atoms with Gasteiger partial charge in [0, 0.05) is 33.9 Å². The van der Waals surface area contributed by atoms with Crippen molar-refractivity contribution < 1.29 is 17.9 Å². The zero-order valence-corrected chi connectivity index (χ0v) is 13.5. The Kier molecular flexibility index (Phi) is 14.6. The number of hydrogen-bond acceptors (Lipinski definition) is 5. The molecule has 0 aromatic heterocycles. The molecule has 0 saturated carbocycles. The van der Waals surface area contributed by atoms with Gasteiger partial charge in [0.05, 0.1) is 13.2 Å². The van der Waals surface area contributed by atoms with Gasteiger partial charge < -0.3 is 14.8 Å². The summed E-state index contributed by atoms with van der Waals surface area (Å²) in [6.45, 7) is 2.56. The molecule has 118 valence electrons. The van der Waals surface area contributed by atoms with Crippen molar-refractivity contribution in [1.82, 2.24) is 14.3 Å². The SMILES string of the molecule is CNCCCNS(=O)(=O)N(CCOC)CCOC.Cl. The van der Waals surface area contributed by atoms with E-state index in [9.17, 15) is 8.42 Å². The number of nitrogens with one attached hydrogen (secondary N) is 2. The molecule has 0 aliphatic carbocycles. The van der Waals surface area contributed by atoms with Gasteiger partial charge in [0.1, 0.15) is 0 Å². The second-order valence-corrected chi connectivity index (χ2v) is 5.50. The van der Waals surface area contributed by atoms with Crippen molar-refractivity contribution in [2.24, 2.45) is 0 Å². The largest absolute Gasteiger partial charge is 0.383 e. The van der Waals surface area contributed by atoms with E-state index in [1.165, 1.54) is 4.31 Å². The fraction of sp³-hybridized carbons (Fsp3) is 1.00. The van der Waals surface area contributed by atoms with Crippen LogP contribution in [0.5, 0.6) is 0 Å². The highest BCUT2D eigenvalue weighted by atomic mass is 35.5. The minimum atomic E-state index is -3.45. The first-order valence-corrected chi connectivity index (χ1v) is 7.39. The standard InChI is InChI=1S/C10H25N3O4S.ClH/c1-11-5-4-6-12-18(14,15)13(7-9-16-2)8-10-17-3;/h11-12H,4-10H2,1-3H3;1H. The summed E-state index contributed by atoms with van der Waals surface area (Å²) in [6, 6.07) is 0. The quantitative estimate of drug-likeness (QED) is 0.472. The molecule has 0 unspecified atom stereocenters. The average Bonchev–Trinajstić information content (AvgIpc) is 2.34. The maximum absolute atomic E-state index is 12.0. The van der Waals surface area contributed by atoms with Crippen molar-refractivity contribution in [1.29, 1.82) is 0 Å². The minimum Gasteiger partial charge on any atom is -0.383 e. The second-order valence-electron chi connectivity index (χ2n) is 3.74. The number of rotatable bonds is 12. The van der Waals surface area contributed by atoms with Gasteiger partial charge >= 0.3 is 0 Å². The average molecular weight is 320 g/mol. The maximum Gasteiger partial charge on any atom is 0.279 e. The Labute approximate surface area is 122 Å². The molecule has 0 saturated heterocycles. The van der Waals surface area contributed by atoms with Crippen LogP contribution in [0.25, 0.3) is 0 Å². The van der Waals surface area contributed by atoms with E-state index in [0.29, 0.717) is 32.8 Å². The van der Waals surface area contributed by atoms with Gasteiger partial charge in [-0.2, -0.15) is 12.7 Å². The first kappa shape index (κ1) is 21.3. The number of halogens is 1. The normalized spacial score (nSPS) is 11.6. The van der Waals surface area contributed by atoms with E-state index < -0.39 is 10.2 Å². The monoisotopic (exact) mass is 319 g/mol. The van der Waals surface area contributed by atoms with Crippen LogP contribution in [0.4, 0.5) is 0 Å². The predicted octanol–water partition coefficient (Wildman–Crippen LogP) is -0.553. The van der Waals surface area contributed by atoms with Crippen LogP contribution in [0.1, 0.15) is 6.42 Å². The Hall–Kier alpha value is 0.0400. The molecule has 0 spiro atoms. The molecule has 0 rings (SSSR count). The van der Waals surface area contributed by atoms with Gasteiger partial charge in [-0.25, -0.2) is 4.72 Å². The molecule has 0 atom stereocenters. The van der Waals surface area contributed by atoms with Crippen LogP contribution >= 0.6 is 12.4 Å². The zero-order valence-electron chi connectivity index (χ0n) is 11.8. The van der Waals surface area contributed by atoms with Crippen molar-refractivity contribution >= 4 is 22.6 Å². The van der Waals surface area contributed by atoms with Gasteiger partial charge in [-0.3, -0.25) is 0 Å². The minimum absolute atomic E-state index is 0. The van der Waals surface area contributed by atoms with E-state index in [1.807, 2.05) is 7.05 Å². The fourth-order valence-electron chi connectivity index (χ4n) is 1.30. The van der Waals surface area contributed by atoms with Gasteiger partial charge in [0.25, 0.3) is 10.2 Å². The van der Waals surface area contributed by atoms with Crippen LogP contribution in [-0.2, 0) is 19.7 Å². The van der Waals surface area contributed by atoms with E-state index in [4.69, 9.17) is 9.47 Å². The molecule has 0 fully saturated rings. The molecule has 9 heteroatoms. The van der Waals surface area contributed by atoms with Gasteiger partial charge in [-0.15, -0.1) is 12.4 Å². The molecule has 0 heterocycles. The van der Waals surface area contributed by atoms with Crippen LogP contribution in [0.3, 0.4) is 0 Å². The van der Waals surface area contributed by atoms with Gasteiger partial charge in [0.15, 0.2) is 0 Å². The van der Waals surface area contributed by atoms with Crippen molar-refractivity contribution in [3.63, 3.8) is 0 Å². The summed E-state index contributed by atoms with van der Waals surface area (Å²) in [5, 5.41) is 2.96. The molecule has 0 aromatic carbocycles. The van der Waals surface area contributed by atoms with Gasteiger partial charge in [-0.05, 0) is 20.0 Å². The lowest BCUT2D eigenvalue weighted by Crippen LogP contribution is -2.44. The highest BCUT2D eigenvalue weighted by Gasteiger charge is 2.20. The Morgan fingerprint density at radius 3 is 2.00 bits per heavy atom. The van der Waals surface area contributed by atoms with Crippen molar-refractivity contribution in [3.05, 3.63) is 0 Å². The number of ether oxygens (including phenoxy) is 2. The lowest BCUT2D eigenvalue weighted by Gasteiger charge is -2.21. The van der Waals surface area contributed by atoms with Crippen LogP contribution < -0.4 is 10.0 Å². The molecule has 0 aliphatic rings. The van der Waals surface area contributed by atoms with E-state index in [0.717, 1.165) is 13.0 Å². The Morgan fingerprint density at radius 2 is 1.58 bits per heavy atom. The molecule has 7 nitrogen and oxygen atoms in total. The lowest BCUT2D eigenvalue weighted by molar-refractivity contribution is 0.149. The second kappa shape index (κ2) is 13.0. The topological polar surface area (TPSA) is 79.9 Å². The van der Waals surface area contributed by atoms with Crippen LogP contribution in [-0.4, -0.2) is 73.4 Å². The Balaban J connectivity index is 0. The number of methoxy groups -OCH3 is 2. The van der Waals surface area contributed by atoms with Crippen LogP contribution in [0.15, 0.2) is 0 Å². The van der Waals surface area contributed by atoms with Crippen molar-refractivity contribution in [3.8, 4) is 0 Å². The summed E-state index contributed by atoms with van der Waals surface area (Å²) >= 11 is 0. The zero-order chi connectivity index (χ0) is 13.9. The summed E-state index contributed by atoms with van der Waals surface area (Å²) in [6.07, 6.45) is 0.748. The molecule has 0 aliphatic heterocycles. The summed E-state index contributed by atoms with van der Waals surface area (Å²) in [5.74, 6) is 0. The van der Waals surface area contributed by atoms with Crippen molar-refractivity contribution in [2.75, 3.05) is 60.7 Å². The Morgan fingerprint density at radius 1 is 1.05 bits per heavy atom. The molecule has 2 N–H and O–H groups in total. The molecular weight excluding hydrogens is 294 g/mol. The van der Waals surface area contributed by atoms with E-state index in [2.05, 4.69) is 10.0 Å². The molecule has 0 radical (unpaired) electrons. The molecular formula is C10H26ClN3O4S. The van der Waals surface area contributed by atoms with Crippen LogP contribution in [0.2, 0.25) is 0 Å². The maximum atomic E-state index is 12.0. The summed E-state index contributed by atoms with van der Waals surface area (Å²) in [7, 11) is 1.47. The van der Waals surface area contributed by atoms with Crippen LogP contribution in [0, 0.1) is 0 Å². The van der Waals surface area contributed by atoms with E-state index >= 15 is 0 Å². The molecule has 0 aromatic rings. The smallest absolute Gasteiger partial charge is 0.279 e. The first-order valence-electron chi connectivity index (χ1n) is 5.95. The Bertz CT molecular complexity index is 282. The van der Waals surface area contributed by atoms with Crippen molar-refractivity contribution in [2.45, 2.75) is 6.42 Å². The third-order valence-corrected chi connectivity index (χ3v) is 3.93. The molecule has 19 heavy (non-hydrogen) atoms. The number of hydrogen-bond donors (Lipinski definition) is 2. The fourth-order valence-corrected chi connectivity index (χ4v) is 2.51. The third-order valence-electron chi connectivity index (χ3n) is 2.32. The highest BCUT2D eigenvalue weighted by Crippen LogP contribution is 1.98. The summed E-state index contributed by atoms with van der Waals surface area (Å²) < 4.78 is 37.7.